The maximum Gasteiger partial charge on any atom is 0.0477 e. The lowest BCUT2D eigenvalue weighted by Crippen LogP contribution is -2.26. The van der Waals surface area contributed by atoms with Crippen molar-refractivity contribution >= 4 is 11.6 Å². The number of halogens is 1. The van der Waals surface area contributed by atoms with Crippen molar-refractivity contribution in [2.45, 2.75) is 25.7 Å². The van der Waals surface area contributed by atoms with E-state index in [4.69, 9.17) is 11.6 Å². The van der Waals surface area contributed by atoms with Crippen molar-refractivity contribution < 1.29 is 5.11 Å². The van der Waals surface area contributed by atoms with Crippen molar-refractivity contribution in [3.8, 4) is 0 Å². The monoisotopic (exact) mass is 253 g/mol. The molecule has 0 spiro atoms. The van der Waals surface area contributed by atoms with Crippen LogP contribution >= 0.6 is 11.6 Å². The zero-order valence-corrected chi connectivity index (χ0v) is 11.0. The second-order valence-electron chi connectivity index (χ2n) is 4.90. The van der Waals surface area contributed by atoms with Gasteiger partial charge in [-0.15, -0.1) is 0 Å². The van der Waals surface area contributed by atoms with E-state index in [1.165, 1.54) is 12.0 Å². The van der Waals surface area contributed by atoms with Crippen molar-refractivity contribution in [3.05, 3.63) is 34.3 Å². The molecule has 1 aromatic carbocycles. The van der Waals surface area contributed by atoms with E-state index in [1.54, 1.807) is 0 Å². The second kappa shape index (κ2) is 5.85. The predicted octanol–water partition coefficient (Wildman–Crippen LogP) is 2.72. The summed E-state index contributed by atoms with van der Waals surface area (Å²) in [5.41, 5.74) is 2.44. The first kappa shape index (κ1) is 12.9. The molecule has 0 bridgehead atoms. The Morgan fingerprint density at radius 3 is 3.00 bits per heavy atom. The average Bonchev–Trinajstić information content (AvgIpc) is 2.57. The minimum atomic E-state index is 0.249. The fourth-order valence-electron chi connectivity index (χ4n) is 2.64. The van der Waals surface area contributed by atoms with E-state index in [0.717, 1.165) is 30.1 Å². The lowest BCUT2D eigenvalue weighted by atomic mass is 9.83. The quantitative estimate of drug-likeness (QED) is 0.850. The minimum Gasteiger partial charge on any atom is -0.396 e. The van der Waals surface area contributed by atoms with Crippen LogP contribution in [0.4, 0.5) is 0 Å². The first-order valence-corrected chi connectivity index (χ1v) is 6.68. The Morgan fingerprint density at radius 1 is 1.47 bits per heavy atom. The van der Waals surface area contributed by atoms with E-state index in [-0.39, 0.29) is 6.61 Å². The summed E-state index contributed by atoms with van der Waals surface area (Å²) in [6, 6.07) is 6.24. The molecule has 1 aromatic rings. The van der Waals surface area contributed by atoms with Crippen LogP contribution in [0.1, 0.15) is 29.9 Å². The number of aliphatic hydroxyl groups excluding tert-OH is 1. The molecule has 0 saturated carbocycles. The van der Waals surface area contributed by atoms with E-state index >= 15 is 0 Å². The summed E-state index contributed by atoms with van der Waals surface area (Å²) in [6.45, 7) is 4.25. The summed E-state index contributed by atoms with van der Waals surface area (Å²) < 4.78 is 0. The largest absolute Gasteiger partial charge is 0.396 e. The molecule has 1 saturated heterocycles. The van der Waals surface area contributed by atoms with Crippen LogP contribution in [0.15, 0.2) is 18.2 Å². The molecular formula is C14H20ClNO. The number of aryl methyl sites for hydroxylation is 1. The molecule has 0 amide bonds. The van der Waals surface area contributed by atoms with Crippen LogP contribution in [-0.2, 0) is 0 Å². The molecule has 2 rings (SSSR count). The van der Waals surface area contributed by atoms with Crippen LogP contribution in [0.25, 0.3) is 0 Å². The highest BCUT2D eigenvalue weighted by atomic mass is 35.5. The smallest absolute Gasteiger partial charge is 0.0477 e. The van der Waals surface area contributed by atoms with Crippen LogP contribution < -0.4 is 5.32 Å². The Kier molecular flexibility index (Phi) is 4.43. The molecule has 2 nitrogen and oxygen atoms in total. The Balaban J connectivity index is 2.25. The van der Waals surface area contributed by atoms with Gasteiger partial charge in [-0.1, -0.05) is 23.7 Å². The Hall–Kier alpha value is -0.570. The topological polar surface area (TPSA) is 32.3 Å². The summed E-state index contributed by atoms with van der Waals surface area (Å²) >= 11 is 6.06. The van der Waals surface area contributed by atoms with E-state index < -0.39 is 0 Å². The molecule has 3 heteroatoms. The second-order valence-corrected chi connectivity index (χ2v) is 5.31. The normalized spacial score (nSPS) is 25.6. The molecule has 0 aliphatic carbocycles. The number of nitrogens with one attached hydrogen (secondary N) is 1. The van der Waals surface area contributed by atoms with Crippen LogP contribution in [-0.4, -0.2) is 24.8 Å². The fourth-order valence-corrected chi connectivity index (χ4v) is 2.76. The van der Waals surface area contributed by atoms with Crippen LogP contribution in [0.3, 0.4) is 0 Å². The van der Waals surface area contributed by atoms with Crippen molar-refractivity contribution in [1.29, 1.82) is 0 Å². The van der Waals surface area contributed by atoms with E-state index in [0.29, 0.717) is 11.8 Å². The van der Waals surface area contributed by atoms with Gasteiger partial charge in [0.15, 0.2) is 0 Å². The van der Waals surface area contributed by atoms with Crippen molar-refractivity contribution in [2.24, 2.45) is 5.92 Å². The fraction of sp³-hybridized carbons (Fsp3) is 0.571. The highest BCUT2D eigenvalue weighted by Gasteiger charge is 2.24. The molecule has 17 heavy (non-hydrogen) atoms. The predicted molar refractivity (Wildman–Crippen MR) is 71.6 cm³/mol. The number of aliphatic hydroxyl groups is 1. The zero-order chi connectivity index (χ0) is 12.3. The average molecular weight is 254 g/mol. The first-order chi connectivity index (χ1) is 8.22. The first-order valence-electron chi connectivity index (χ1n) is 6.30. The van der Waals surface area contributed by atoms with Gasteiger partial charge < -0.3 is 10.4 Å². The van der Waals surface area contributed by atoms with Gasteiger partial charge in [0.1, 0.15) is 0 Å². The van der Waals surface area contributed by atoms with Crippen LogP contribution in [0, 0.1) is 12.8 Å². The third kappa shape index (κ3) is 3.01. The number of hydrogen-bond donors (Lipinski definition) is 2. The van der Waals surface area contributed by atoms with Gasteiger partial charge in [-0.05, 0) is 49.4 Å². The summed E-state index contributed by atoms with van der Waals surface area (Å²) in [5.74, 6) is 0.768. The van der Waals surface area contributed by atoms with Crippen LogP contribution in [0.2, 0.25) is 5.02 Å². The molecule has 1 fully saturated rings. The number of hydrogen-bond acceptors (Lipinski definition) is 2. The van der Waals surface area contributed by atoms with Gasteiger partial charge in [-0.25, -0.2) is 0 Å². The summed E-state index contributed by atoms with van der Waals surface area (Å²) in [4.78, 5) is 0. The highest BCUT2D eigenvalue weighted by Crippen LogP contribution is 2.32. The van der Waals surface area contributed by atoms with E-state index in [9.17, 15) is 5.11 Å². The van der Waals surface area contributed by atoms with Gasteiger partial charge in [-0.3, -0.25) is 0 Å². The molecule has 2 N–H and O–H groups in total. The molecule has 2 unspecified atom stereocenters. The summed E-state index contributed by atoms with van der Waals surface area (Å²) in [7, 11) is 0. The lowest BCUT2D eigenvalue weighted by Gasteiger charge is -2.24. The number of benzene rings is 1. The maximum absolute atomic E-state index is 9.51. The van der Waals surface area contributed by atoms with Gasteiger partial charge >= 0.3 is 0 Å². The molecule has 2 atom stereocenters. The van der Waals surface area contributed by atoms with Crippen LogP contribution in [0.5, 0.6) is 0 Å². The van der Waals surface area contributed by atoms with Crippen molar-refractivity contribution in [2.75, 3.05) is 19.7 Å². The highest BCUT2D eigenvalue weighted by molar-refractivity contribution is 6.31. The lowest BCUT2D eigenvalue weighted by molar-refractivity contribution is 0.204. The third-order valence-corrected chi connectivity index (χ3v) is 4.11. The molecule has 94 valence electrons. The van der Waals surface area contributed by atoms with Crippen molar-refractivity contribution in [3.63, 3.8) is 0 Å². The molecule has 1 aliphatic rings. The Labute approximate surface area is 108 Å². The molecular weight excluding hydrogens is 234 g/mol. The molecule has 0 aromatic heterocycles. The Bertz CT molecular complexity index is 380. The van der Waals surface area contributed by atoms with E-state index in [1.807, 2.05) is 13.0 Å². The van der Waals surface area contributed by atoms with Gasteiger partial charge in [0.05, 0.1) is 0 Å². The Morgan fingerprint density at radius 2 is 2.29 bits per heavy atom. The summed E-state index contributed by atoms with van der Waals surface area (Å²) in [6.07, 6.45) is 2.31. The third-order valence-electron chi connectivity index (χ3n) is 3.69. The van der Waals surface area contributed by atoms with Gasteiger partial charge in [0.25, 0.3) is 0 Å². The van der Waals surface area contributed by atoms with E-state index in [2.05, 4.69) is 17.4 Å². The van der Waals surface area contributed by atoms with Gasteiger partial charge in [-0.2, -0.15) is 0 Å². The van der Waals surface area contributed by atoms with Gasteiger partial charge in [0, 0.05) is 24.1 Å². The SMILES string of the molecule is Cc1cc(C2CCCNCC2CO)ccc1Cl. The van der Waals surface area contributed by atoms with Crippen molar-refractivity contribution in [1.82, 2.24) is 5.32 Å². The standard InChI is InChI=1S/C14H20ClNO/c1-10-7-11(4-5-14(10)15)13-3-2-6-16-8-12(13)9-17/h4-5,7,12-13,16-17H,2-3,6,8-9H2,1H3. The molecule has 1 aliphatic heterocycles. The zero-order valence-electron chi connectivity index (χ0n) is 10.2. The molecule has 1 heterocycles. The molecule has 0 radical (unpaired) electrons. The number of rotatable bonds is 2. The maximum atomic E-state index is 9.51. The minimum absolute atomic E-state index is 0.249. The summed E-state index contributed by atoms with van der Waals surface area (Å²) in [5, 5.41) is 13.7. The van der Waals surface area contributed by atoms with Gasteiger partial charge in [0.2, 0.25) is 0 Å².